The molecule has 2 aromatic rings. The zero-order valence-corrected chi connectivity index (χ0v) is 8.19. The largest absolute Gasteiger partial charge is 0.421 e. The molecule has 0 saturated heterocycles. The van der Waals surface area contributed by atoms with Gasteiger partial charge < -0.3 is 10.2 Å². The van der Waals surface area contributed by atoms with E-state index in [1.165, 1.54) is 0 Å². The highest BCUT2D eigenvalue weighted by Gasteiger charge is 2.02. The highest BCUT2D eigenvalue weighted by Crippen LogP contribution is 2.16. The van der Waals surface area contributed by atoms with Gasteiger partial charge in [-0.05, 0) is 24.1 Å². The van der Waals surface area contributed by atoms with Crippen molar-refractivity contribution >= 4 is 16.7 Å². The Kier molecular flexibility index (Phi) is 2.29. The summed E-state index contributed by atoms with van der Waals surface area (Å²) in [5, 5.41) is 0.833. The van der Waals surface area contributed by atoms with Crippen LogP contribution < -0.4 is 11.4 Å². The highest BCUT2D eigenvalue weighted by atomic mass is 16.4. The minimum absolute atomic E-state index is 0.138. The minimum Gasteiger partial charge on any atom is -0.421 e. The first-order valence-electron chi connectivity index (χ1n) is 4.64. The number of anilines is 1. The molecule has 1 heterocycles. The Balaban J connectivity index is 2.66. The number of fused-ring (bicyclic) bond motifs is 1. The Hall–Kier alpha value is -2.03. The van der Waals surface area contributed by atoms with E-state index in [1.807, 2.05) is 18.2 Å². The van der Waals surface area contributed by atoms with Gasteiger partial charge in [0, 0.05) is 5.39 Å². The van der Waals surface area contributed by atoms with E-state index in [2.05, 4.69) is 6.58 Å². The molecule has 3 heteroatoms. The van der Waals surface area contributed by atoms with Crippen LogP contribution in [0.1, 0.15) is 5.56 Å². The molecular weight excluding hydrogens is 190 g/mol. The van der Waals surface area contributed by atoms with Crippen LogP contribution in [-0.4, -0.2) is 0 Å². The fraction of sp³-hybridized carbons (Fsp3) is 0.0833. The SMILES string of the molecule is C=CCc1ccc2cc(N)c(=O)oc2c1. The van der Waals surface area contributed by atoms with Crippen LogP contribution in [0.5, 0.6) is 0 Å². The molecule has 3 nitrogen and oxygen atoms in total. The maximum absolute atomic E-state index is 11.2. The second-order valence-corrected chi connectivity index (χ2v) is 3.35. The van der Waals surface area contributed by atoms with Crippen LogP contribution in [-0.2, 0) is 6.42 Å². The smallest absolute Gasteiger partial charge is 0.359 e. The fourth-order valence-corrected chi connectivity index (χ4v) is 1.47. The van der Waals surface area contributed by atoms with Crippen molar-refractivity contribution in [2.24, 2.45) is 0 Å². The lowest BCUT2D eigenvalue weighted by Gasteiger charge is -2.00. The van der Waals surface area contributed by atoms with E-state index in [9.17, 15) is 4.79 Å². The molecule has 0 spiro atoms. The maximum atomic E-state index is 11.2. The maximum Gasteiger partial charge on any atom is 0.359 e. The van der Waals surface area contributed by atoms with E-state index in [1.54, 1.807) is 12.1 Å². The summed E-state index contributed by atoms with van der Waals surface area (Å²) in [7, 11) is 0. The van der Waals surface area contributed by atoms with E-state index < -0.39 is 5.63 Å². The van der Waals surface area contributed by atoms with Crippen molar-refractivity contribution in [1.29, 1.82) is 0 Å². The van der Waals surface area contributed by atoms with Gasteiger partial charge in [0.2, 0.25) is 0 Å². The molecule has 1 aromatic heterocycles. The molecular formula is C12H11NO2. The number of hydrogen-bond donors (Lipinski definition) is 1. The van der Waals surface area contributed by atoms with E-state index >= 15 is 0 Å². The van der Waals surface area contributed by atoms with Gasteiger partial charge in [0.25, 0.3) is 0 Å². The van der Waals surface area contributed by atoms with E-state index in [4.69, 9.17) is 10.2 Å². The molecule has 0 saturated carbocycles. The first kappa shape index (κ1) is 9.52. The fourth-order valence-electron chi connectivity index (χ4n) is 1.47. The molecule has 76 valence electrons. The summed E-state index contributed by atoms with van der Waals surface area (Å²) in [5.41, 5.74) is 6.73. The number of hydrogen-bond acceptors (Lipinski definition) is 3. The average Bonchev–Trinajstić information content (AvgIpc) is 2.21. The first-order chi connectivity index (χ1) is 7.20. The van der Waals surface area contributed by atoms with Gasteiger partial charge in [0.15, 0.2) is 0 Å². The third-order valence-corrected chi connectivity index (χ3v) is 2.21. The number of rotatable bonds is 2. The van der Waals surface area contributed by atoms with Gasteiger partial charge in [0.1, 0.15) is 11.3 Å². The molecule has 0 fully saturated rings. The number of nitrogen functional groups attached to an aromatic ring is 1. The lowest BCUT2D eigenvalue weighted by molar-refractivity contribution is 0.564. The van der Waals surface area contributed by atoms with E-state index in [0.717, 1.165) is 17.4 Å². The summed E-state index contributed by atoms with van der Waals surface area (Å²) in [5.74, 6) is 0. The lowest BCUT2D eigenvalue weighted by atomic mass is 10.1. The first-order valence-corrected chi connectivity index (χ1v) is 4.64. The summed E-state index contributed by atoms with van der Waals surface area (Å²) in [6.45, 7) is 3.66. The van der Waals surface area contributed by atoms with Gasteiger partial charge in [-0.3, -0.25) is 0 Å². The zero-order chi connectivity index (χ0) is 10.8. The van der Waals surface area contributed by atoms with Gasteiger partial charge in [0.05, 0.1) is 0 Å². The van der Waals surface area contributed by atoms with Crippen LogP contribution in [0.4, 0.5) is 5.69 Å². The molecule has 0 radical (unpaired) electrons. The Morgan fingerprint density at radius 1 is 1.40 bits per heavy atom. The molecule has 0 unspecified atom stereocenters. The van der Waals surface area contributed by atoms with Crippen LogP contribution in [0.3, 0.4) is 0 Å². The number of benzene rings is 1. The van der Waals surface area contributed by atoms with Gasteiger partial charge in [-0.25, -0.2) is 4.79 Å². The van der Waals surface area contributed by atoms with Gasteiger partial charge >= 0.3 is 5.63 Å². The van der Waals surface area contributed by atoms with Crippen LogP contribution >= 0.6 is 0 Å². The lowest BCUT2D eigenvalue weighted by Crippen LogP contribution is -2.05. The molecule has 0 amide bonds. The van der Waals surface area contributed by atoms with Gasteiger partial charge in [-0.2, -0.15) is 0 Å². The Morgan fingerprint density at radius 2 is 2.20 bits per heavy atom. The topological polar surface area (TPSA) is 56.2 Å². The molecule has 1 aromatic carbocycles. The van der Waals surface area contributed by atoms with E-state index in [-0.39, 0.29) is 5.69 Å². The van der Waals surface area contributed by atoms with Crippen molar-refractivity contribution in [3.05, 3.63) is 52.9 Å². The van der Waals surface area contributed by atoms with Gasteiger partial charge in [-0.15, -0.1) is 6.58 Å². The molecule has 0 aliphatic heterocycles. The average molecular weight is 201 g/mol. The minimum atomic E-state index is -0.488. The summed E-state index contributed by atoms with van der Waals surface area (Å²) < 4.78 is 5.06. The summed E-state index contributed by atoms with van der Waals surface area (Å²) in [6.07, 6.45) is 2.56. The molecule has 0 atom stereocenters. The van der Waals surface area contributed by atoms with Crippen molar-refractivity contribution in [2.75, 3.05) is 5.73 Å². The normalized spacial score (nSPS) is 10.4. The van der Waals surface area contributed by atoms with Gasteiger partial charge in [-0.1, -0.05) is 18.2 Å². The van der Waals surface area contributed by atoms with Crippen molar-refractivity contribution in [1.82, 2.24) is 0 Å². The predicted molar refractivity (Wildman–Crippen MR) is 60.8 cm³/mol. The van der Waals surface area contributed by atoms with Crippen molar-refractivity contribution in [2.45, 2.75) is 6.42 Å². The number of nitrogens with two attached hydrogens (primary N) is 1. The third kappa shape index (κ3) is 1.76. The van der Waals surface area contributed by atoms with Crippen molar-refractivity contribution in [3.8, 4) is 0 Å². The molecule has 0 aliphatic carbocycles. The molecule has 0 bridgehead atoms. The van der Waals surface area contributed by atoms with Crippen molar-refractivity contribution in [3.63, 3.8) is 0 Å². The Labute approximate surface area is 86.8 Å². The molecule has 15 heavy (non-hydrogen) atoms. The van der Waals surface area contributed by atoms with Crippen LogP contribution in [0.25, 0.3) is 11.0 Å². The predicted octanol–water partition coefficient (Wildman–Crippen LogP) is 2.10. The van der Waals surface area contributed by atoms with Crippen molar-refractivity contribution < 1.29 is 4.42 Å². The number of allylic oxidation sites excluding steroid dienone is 1. The zero-order valence-electron chi connectivity index (χ0n) is 8.19. The second kappa shape index (κ2) is 3.61. The van der Waals surface area contributed by atoms with Crippen LogP contribution in [0.15, 0.2) is 46.1 Å². The Morgan fingerprint density at radius 3 is 2.93 bits per heavy atom. The summed E-state index contributed by atoms with van der Waals surface area (Å²) in [4.78, 5) is 11.2. The quantitative estimate of drug-likeness (QED) is 0.598. The summed E-state index contributed by atoms with van der Waals surface area (Å²) in [6, 6.07) is 7.30. The Bertz CT molecular complexity index is 569. The monoisotopic (exact) mass is 201 g/mol. The highest BCUT2D eigenvalue weighted by molar-refractivity contribution is 5.79. The summed E-state index contributed by atoms with van der Waals surface area (Å²) >= 11 is 0. The van der Waals surface area contributed by atoms with Crippen LogP contribution in [0.2, 0.25) is 0 Å². The molecule has 0 aliphatic rings. The molecule has 2 N–H and O–H groups in total. The standard InChI is InChI=1S/C12H11NO2/c1-2-3-8-4-5-9-7-10(13)12(14)15-11(9)6-8/h2,4-7H,1,3,13H2. The molecule has 2 rings (SSSR count). The van der Waals surface area contributed by atoms with E-state index in [0.29, 0.717) is 5.58 Å². The second-order valence-electron chi connectivity index (χ2n) is 3.35. The third-order valence-electron chi connectivity index (χ3n) is 2.21. The van der Waals surface area contributed by atoms with Crippen LogP contribution in [0, 0.1) is 0 Å².